The number of hydrogen-bond donors (Lipinski definition) is 1. The van der Waals surface area contributed by atoms with Gasteiger partial charge in [0.05, 0.1) is 4.92 Å². The molecule has 0 radical (unpaired) electrons. The van der Waals surface area contributed by atoms with Crippen molar-refractivity contribution < 1.29 is 9.66 Å². The van der Waals surface area contributed by atoms with Gasteiger partial charge in [-0.3, -0.25) is 10.1 Å². The van der Waals surface area contributed by atoms with Gasteiger partial charge in [-0.25, -0.2) is 4.68 Å². The molecule has 0 aliphatic rings. The number of nitro groups is 1. The van der Waals surface area contributed by atoms with E-state index in [-0.39, 0.29) is 11.6 Å². The van der Waals surface area contributed by atoms with Gasteiger partial charge < -0.3 is 10.5 Å². The number of nitrogens with two attached hydrogens (primary N) is 1. The lowest BCUT2D eigenvalue weighted by Gasteiger charge is -2.07. The van der Waals surface area contributed by atoms with Crippen molar-refractivity contribution in [1.29, 1.82) is 0 Å². The lowest BCUT2D eigenvalue weighted by molar-refractivity contribution is -0.386. The molecule has 2 aromatic rings. The van der Waals surface area contributed by atoms with Gasteiger partial charge in [0.1, 0.15) is 11.4 Å². The van der Waals surface area contributed by atoms with Gasteiger partial charge in [0.15, 0.2) is 0 Å². The zero-order valence-corrected chi connectivity index (χ0v) is 11.4. The molecule has 0 saturated carbocycles. The van der Waals surface area contributed by atoms with Crippen molar-refractivity contribution >= 4 is 5.69 Å². The molecular weight excluding hydrogens is 260 g/mol. The summed E-state index contributed by atoms with van der Waals surface area (Å²) in [6.07, 6.45) is 0. The van der Waals surface area contributed by atoms with Crippen LogP contribution in [0.3, 0.4) is 0 Å². The van der Waals surface area contributed by atoms with Gasteiger partial charge in [-0.15, -0.1) is 0 Å². The second kappa shape index (κ2) is 5.70. The highest BCUT2D eigenvalue weighted by molar-refractivity contribution is 5.48. The molecule has 2 rings (SSSR count). The van der Waals surface area contributed by atoms with Crippen molar-refractivity contribution in [2.45, 2.75) is 26.9 Å². The minimum atomic E-state index is -0.474. The molecule has 1 heterocycles. The van der Waals surface area contributed by atoms with E-state index in [9.17, 15) is 10.1 Å². The van der Waals surface area contributed by atoms with E-state index < -0.39 is 4.92 Å². The summed E-state index contributed by atoms with van der Waals surface area (Å²) in [5, 5.41) is 15.2. The SMILES string of the molecule is CCn1nc(C)c([N+](=O)[O-])c1Oc1ccc(CN)cc1. The van der Waals surface area contributed by atoms with Crippen LogP contribution in [0, 0.1) is 17.0 Å². The Morgan fingerprint density at radius 3 is 2.55 bits per heavy atom. The summed E-state index contributed by atoms with van der Waals surface area (Å²) in [5.74, 6) is 0.662. The fourth-order valence-corrected chi connectivity index (χ4v) is 1.88. The maximum absolute atomic E-state index is 11.1. The maximum atomic E-state index is 11.1. The fourth-order valence-electron chi connectivity index (χ4n) is 1.88. The number of benzene rings is 1. The second-order valence-corrected chi connectivity index (χ2v) is 4.26. The summed E-state index contributed by atoms with van der Waals surface area (Å²) in [7, 11) is 0. The predicted molar refractivity (Wildman–Crippen MR) is 73.7 cm³/mol. The molecule has 0 atom stereocenters. The quantitative estimate of drug-likeness (QED) is 0.668. The first-order chi connectivity index (χ1) is 9.56. The molecule has 0 bridgehead atoms. The first kappa shape index (κ1) is 14.0. The minimum Gasteiger partial charge on any atom is -0.434 e. The Morgan fingerprint density at radius 2 is 2.05 bits per heavy atom. The molecule has 106 valence electrons. The van der Waals surface area contributed by atoms with Crippen LogP contribution in [-0.2, 0) is 13.1 Å². The fraction of sp³-hybridized carbons (Fsp3) is 0.308. The van der Waals surface area contributed by atoms with Crippen molar-refractivity contribution in [3.05, 3.63) is 45.6 Å². The molecule has 0 amide bonds. The van der Waals surface area contributed by atoms with Gasteiger partial charge in [0.25, 0.3) is 5.88 Å². The Hall–Kier alpha value is -2.41. The summed E-state index contributed by atoms with van der Waals surface area (Å²) in [5.41, 5.74) is 6.72. The molecule has 0 aliphatic carbocycles. The Labute approximate surface area is 116 Å². The second-order valence-electron chi connectivity index (χ2n) is 4.26. The number of hydrogen-bond acceptors (Lipinski definition) is 5. The van der Waals surface area contributed by atoms with Crippen LogP contribution >= 0.6 is 0 Å². The molecule has 1 aromatic carbocycles. The third-order valence-corrected chi connectivity index (χ3v) is 2.91. The third-order valence-electron chi connectivity index (χ3n) is 2.91. The number of aromatic nitrogens is 2. The Balaban J connectivity index is 2.38. The molecule has 0 fully saturated rings. The maximum Gasteiger partial charge on any atom is 0.353 e. The van der Waals surface area contributed by atoms with Crippen LogP contribution in [-0.4, -0.2) is 14.7 Å². The van der Waals surface area contributed by atoms with Crippen LogP contribution in [0.2, 0.25) is 0 Å². The summed E-state index contributed by atoms with van der Waals surface area (Å²) >= 11 is 0. The molecule has 7 heteroatoms. The van der Waals surface area contributed by atoms with E-state index in [1.165, 1.54) is 4.68 Å². The summed E-state index contributed by atoms with van der Waals surface area (Å²) in [4.78, 5) is 10.6. The van der Waals surface area contributed by atoms with E-state index in [0.29, 0.717) is 24.5 Å². The molecule has 0 unspecified atom stereocenters. The van der Waals surface area contributed by atoms with Crippen molar-refractivity contribution in [3.8, 4) is 11.6 Å². The molecule has 20 heavy (non-hydrogen) atoms. The van der Waals surface area contributed by atoms with Crippen molar-refractivity contribution in [1.82, 2.24) is 9.78 Å². The van der Waals surface area contributed by atoms with E-state index in [4.69, 9.17) is 10.5 Å². The van der Waals surface area contributed by atoms with Crippen LogP contribution < -0.4 is 10.5 Å². The highest BCUT2D eigenvalue weighted by atomic mass is 16.6. The van der Waals surface area contributed by atoms with Crippen molar-refractivity contribution in [2.24, 2.45) is 5.73 Å². The van der Waals surface area contributed by atoms with Crippen LogP contribution in [0.5, 0.6) is 11.6 Å². The van der Waals surface area contributed by atoms with E-state index in [1.54, 1.807) is 19.1 Å². The zero-order valence-electron chi connectivity index (χ0n) is 11.4. The molecular formula is C13H16N4O3. The minimum absolute atomic E-state index is 0.102. The van der Waals surface area contributed by atoms with Gasteiger partial charge in [-0.2, -0.15) is 5.10 Å². The number of nitrogens with zero attached hydrogens (tertiary/aromatic N) is 3. The van der Waals surface area contributed by atoms with Gasteiger partial charge in [-0.05, 0) is 31.5 Å². The first-order valence-electron chi connectivity index (χ1n) is 6.25. The average Bonchev–Trinajstić information content (AvgIpc) is 2.75. The van der Waals surface area contributed by atoms with Crippen molar-refractivity contribution in [2.75, 3.05) is 0 Å². The lowest BCUT2D eigenvalue weighted by Crippen LogP contribution is -2.01. The Kier molecular flexibility index (Phi) is 3.99. The predicted octanol–water partition coefficient (Wildman–Crippen LogP) is 2.37. The van der Waals surface area contributed by atoms with Crippen LogP contribution in [0.25, 0.3) is 0 Å². The monoisotopic (exact) mass is 276 g/mol. The summed E-state index contributed by atoms with van der Waals surface area (Å²) < 4.78 is 7.11. The third kappa shape index (κ3) is 2.62. The van der Waals surface area contributed by atoms with Gasteiger partial charge in [-0.1, -0.05) is 12.1 Å². The number of ether oxygens (including phenoxy) is 1. The van der Waals surface area contributed by atoms with E-state index in [1.807, 2.05) is 19.1 Å². The largest absolute Gasteiger partial charge is 0.434 e. The topological polar surface area (TPSA) is 96.2 Å². The number of aryl methyl sites for hydroxylation is 2. The normalized spacial score (nSPS) is 10.6. The standard InChI is InChI=1S/C13H16N4O3/c1-3-16-13(12(17(18)19)9(2)15-16)20-11-6-4-10(8-14)5-7-11/h4-7H,3,8,14H2,1-2H3. The smallest absolute Gasteiger partial charge is 0.353 e. The lowest BCUT2D eigenvalue weighted by atomic mass is 10.2. The van der Waals surface area contributed by atoms with E-state index in [0.717, 1.165) is 5.56 Å². The molecule has 7 nitrogen and oxygen atoms in total. The number of rotatable bonds is 5. The molecule has 0 aliphatic heterocycles. The molecule has 0 spiro atoms. The first-order valence-corrected chi connectivity index (χ1v) is 6.25. The van der Waals surface area contributed by atoms with Crippen LogP contribution in [0.15, 0.2) is 24.3 Å². The van der Waals surface area contributed by atoms with E-state index >= 15 is 0 Å². The van der Waals surface area contributed by atoms with Crippen molar-refractivity contribution in [3.63, 3.8) is 0 Å². The summed E-state index contributed by atoms with van der Waals surface area (Å²) in [6.45, 7) is 4.37. The van der Waals surface area contributed by atoms with E-state index in [2.05, 4.69) is 5.10 Å². The molecule has 1 aromatic heterocycles. The zero-order chi connectivity index (χ0) is 14.7. The average molecular weight is 276 g/mol. The van der Waals surface area contributed by atoms with Crippen LogP contribution in [0.1, 0.15) is 18.2 Å². The summed E-state index contributed by atoms with van der Waals surface area (Å²) in [6, 6.07) is 7.10. The highest BCUT2D eigenvalue weighted by Gasteiger charge is 2.26. The van der Waals surface area contributed by atoms with Gasteiger partial charge in [0.2, 0.25) is 0 Å². The van der Waals surface area contributed by atoms with Gasteiger partial charge >= 0.3 is 5.69 Å². The Bertz CT molecular complexity index is 619. The van der Waals surface area contributed by atoms with Crippen LogP contribution in [0.4, 0.5) is 5.69 Å². The van der Waals surface area contributed by atoms with Gasteiger partial charge in [0, 0.05) is 13.1 Å². The molecule has 2 N–H and O–H groups in total. The molecule has 0 saturated heterocycles. The highest BCUT2D eigenvalue weighted by Crippen LogP contribution is 2.34. The Morgan fingerprint density at radius 1 is 1.40 bits per heavy atom.